The Bertz CT molecular complexity index is 1290. The van der Waals surface area contributed by atoms with Crippen LogP contribution in [-0.2, 0) is 17.8 Å². The molecule has 11 heteroatoms. The number of rotatable bonds is 5. The van der Waals surface area contributed by atoms with Crippen LogP contribution in [0, 0.1) is 23.3 Å². The molecule has 32 heavy (non-hydrogen) atoms. The van der Waals surface area contributed by atoms with Crippen molar-refractivity contribution in [2.45, 2.75) is 13.0 Å². The van der Waals surface area contributed by atoms with E-state index in [-0.39, 0.29) is 28.2 Å². The summed E-state index contributed by atoms with van der Waals surface area (Å²) in [5.74, 6) is -8.12. The number of carbonyl (C=O) groups is 3. The largest absolute Gasteiger partial charge is 0.489 e. The molecule has 0 unspecified atom stereocenters. The zero-order valence-electron chi connectivity index (χ0n) is 15.8. The molecule has 164 valence electrons. The molecule has 2 aromatic carbocycles. The van der Waals surface area contributed by atoms with Gasteiger partial charge in [0.05, 0.1) is 23.2 Å². The number of imide groups is 1. The summed E-state index contributed by atoms with van der Waals surface area (Å²) in [4.78, 5) is 37.0. The maximum absolute atomic E-state index is 14.5. The SMILES string of the molecule is O=C(O)c1scc2c1C(=O)N(c1cc(OCc3c(F)ccc(F)c3F)ccc1F)C(=O)C2. The molecule has 1 aromatic heterocycles. The van der Waals surface area contributed by atoms with Crippen LogP contribution in [0.15, 0.2) is 35.7 Å². The van der Waals surface area contributed by atoms with Crippen LogP contribution in [0.25, 0.3) is 0 Å². The first-order valence-electron chi connectivity index (χ1n) is 8.94. The molecule has 0 radical (unpaired) electrons. The molecule has 4 rings (SSSR count). The van der Waals surface area contributed by atoms with Crippen molar-refractivity contribution in [1.82, 2.24) is 0 Å². The van der Waals surface area contributed by atoms with Crippen molar-refractivity contribution >= 4 is 34.8 Å². The van der Waals surface area contributed by atoms with Crippen LogP contribution in [0.3, 0.4) is 0 Å². The average Bonchev–Trinajstić information content (AvgIpc) is 3.17. The summed E-state index contributed by atoms with van der Waals surface area (Å²) >= 11 is 0.774. The fourth-order valence-electron chi connectivity index (χ4n) is 3.24. The van der Waals surface area contributed by atoms with Crippen molar-refractivity contribution in [2.24, 2.45) is 0 Å². The molecule has 1 aliphatic rings. The number of ether oxygens (including phenoxy) is 1. The van der Waals surface area contributed by atoms with E-state index in [2.05, 4.69) is 0 Å². The van der Waals surface area contributed by atoms with Gasteiger partial charge < -0.3 is 9.84 Å². The standard InChI is InChI=1S/C21H11F4NO5S/c22-12-3-4-14(24)18(25)11(12)7-31-10-1-2-13(23)15(6-10)26-16(27)5-9-8-32-19(21(29)30)17(9)20(26)28/h1-4,6,8H,5,7H2,(H,29,30). The number of carboxylic acids is 1. The zero-order valence-corrected chi connectivity index (χ0v) is 16.6. The molecule has 2 amide bonds. The fourth-order valence-corrected chi connectivity index (χ4v) is 4.14. The summed E-state index contributed by atoms with van der Waals surface area (Å²) in [7, 11) is 0. The molecule has 0 saturated carbocycles. The van der Waals surface area contributed by atoms with Crippen LogP contribution < -0.4 is 9.64 Å². The summed E-state index contributed by atoms with van der Waals surface area (Å²) in [6.45, 7) is -0.750. The normalized spacial score (nSPS) is 13.3. The number of amides is 2. The molecule has 1 aliphatic heterocycles. The number of nitrogens with zero attached hydrogens (tertiary/aromatic N) is 1. The first kappa shape index (κ1) is 21.5. The van der Waals surface area contributed by atoms with Crippen molar-refractivity contribution < 1.29 is 41.8 Å². The number of carboxylic acid groups (broad SMARTS) is 1. The van der Waals surface area contributed by atoms with Gasteiger partial charge in [0, 0.05) is 6.07 Å². The third-order valence-electron chi connectivity index (χ3n) is 4.75. The Labute approximate surface area is 181 Å². The van der Waals surface area contributed by atoms with E-state index in [1.54, 1.807) is 0 Å². The van der Waals surface area contributed by atoms with E-state index in [0.717, 1.165) is 35.6 Å². The van der Waals surface area contributed by atoms with Gasteiger partial charge in [-0.2, -0.15) is 0 Å². The van der Waals surface area contributed by atoms with Crippen molar-refractivity contribution in [3.63, 3.8) is 0 Å². The van der Waals surface area contributed by atoms with E-state index in [0.29, 0.717) is 11.0 Å². The number of carbonyl (C=O) groups excluding carboxylic acids is 2. The minimum absolute atomic E-state index is 0.167. The third kappa shape index (κ3) is 3.60. The molecule has 0 aliphatic carbocycles. The second-order valence-corrected chi connectivity index (χ2v) is 7.58. The van der Waals surface area contributed by atoms with Crippen molar-refractivity contribution in [3.05, 3.63) is 80.5 Å². The lowest BCUT2D eigenvalue weighted by atomic mass is 10.0. The minimum Gasteiger partial charge on any atom is -0.489 e. The van der Waals surface area contributed by atoms with Crippen LogP contribution in [0.2, 0.25) is 0 Å². The van der Waals surface area contributed by atoms with E-state index in [1.807, 2.05) is 0 Å². The van der Waals surface area contributed by atoms with Crippen molar-refractivity contribution in [3.8, 4) is 5.75 Å². The van der Waals surface area contributed by atoms with Crippen LogP contribution in [0.5, 0.6) is 5.75 Å². The van der Waals surface area contributed by atoms with Gasteiger partial charge in [0.25, 0.3) is 5.91 Å². The Morgan fingerprint density at radius 1 is 1.06 bits per heavy atom. The molecule has 0 atom stereocenters. The first-order chi connectivity index (χ1) is 15.2. The van der Waals surface area contributed by atoms with Crippen LogP contribution in [0.1, 0.15) is 31.2 Å². The lowest BCUT2D eigenvalue weighted by Crippen LogP contribution is -2.43. The van der Waals surface area contributed by atoms with E-state index in [4.69, 9.17) is 4.74 Å². The topological polar surface area (TPSA) is 83.9 Å². The highest BCUT2D eigenvalue weighted by molar-refractivity contribution is 7.12. The van der Waals surface area contributed by atoms with Gasteiger partial charge in [0.2, 0.25) is 5.91 Å². The summed E-state index contributed by atoms with van der Waals surface area (Å²) in [6, 6.07) is 4.24. The minimum atomic E-state index is -1.44. The molecule has 6 nitrogen and oxygen atoms in total. The molecule has 0 fully saturated rings. The number of hydrogen-bond donors (Lipinski definition) is 1. The fraction of sp³-hybridized carbons (Fsp3) is 0.0952. The van der Waals surface area contributed by atoms with Gasteiger partial charge >= 0.3 is 5.97 Å². The first-order valence-corrected chi connectivity index (χ1v) is 9.82. The Balaban J connectivity index is 1.67. The Morgan fingerprint density at radius 3 is 2.47 bits per heavy atom. The molecular weight excluding hydrogens is 454 g/mol. The van der Waals surface area contributed by atoms with Crippen molar-refractivity contribution in [1.29, 1.82) is 0 Å². The highest BCUT2D eigenvalue weighted by Crippen LogP contribution is 2.34. The average molecular weight is 465 g/mol. The van der Waals surface area contributed by atoms with Gasteiger partial charge in [-0.15, -0.1) is 11.3 Å². The van der Waals surface area contributed by atoms with Crippen molar-refractivity contribution in [2.75, 3.05) is 4.90 Å². The molecule has 2 heterocycles. The second kappa shape index (κ2) is 8.08. The molecular formula is C21H11F4NO5S. The highest BCUT2D eigenvalue weighted by atomic mass is 32.1. The number of fused-ring (bicyclic) bond motifs is 1. The number of halogens is 4. The van der Waals surface area contributed by atoms with Gasteiger partial charge in [-0.1, -0.05) is 0 Å². The predicted octanol–water partition coefficient (Wildman–Crippen LogP) is 4.31. The quantitative estimate of drug-likeness (QED) is 0.345. The van der Waals surface area contributed by atoms with Gasteiger partial charge in [-0.25, -0.2) is 27.3 Å². The summed E-state index contributed by atoms with van der Waals surface area (Å²) in [5.41, 5.74) is -1.21. The molecule has 0 saturated heterocycles. The Morgan fingerprint density at radius 2 is 1.75 bits per heavy atom. The van der Waals surface area contributed by atoms with Gasteiger partial charge in [-0.3, -0.25) is 9.59 Å². The Hall–Kier alpha value is -3.73. The predicted molar refractivity (Wildman–Crippen MR) is 104 cm³/mol. The maximum Gasteiger partial charge on any atom is 0.346 e. The van der Waals surface area contributed by atoms with E-state index >= 15 is 0 Å². The Kier molecular flexibility index (Phi) is 5.43. The van der Waals surface area contributed by atoms with Gasteiger partial charge in [0.1, 0.15) is 28.9 Å². The second-order valence-electron chi connectivity index (χ2n) is 6.70. The lowest BCUT2D eigenvalue weighted by molar-refractivity contribution is -0.117. The molecule has 0 spiro atoms. The van der Waals surface area contributed by atoms with Gasteiger partial charge in [-0.05, 0) is 35.2 Å². The monoisotopic (exact) mass is 465 g/mol. The maximum atomic E-state index is 14.5. The summed E-state index contributed by atoms with van der Waals surface area (Å²) in [6.07, 6.45) is -0.324. The van der Waals surface area contributed by atoms with Gasteiger partial charge in [0.15, 0.2) is 11.6 Å². The van der Waals surface area contributed by atoms with E-state index in [9.17, 15) is 37.1 Å². The number of hydrogen-bond acceptors (Lipinski definition) is 5. The molecule has 0 bridgehead atoms. The summed E-state index contributed by atoms with van der Waals surface area (Å²) < 4.78 is 60.7. The number of thiophene rings is 1. The molecule has 1 N–H and O–H groups in total. The smallest absolute Gasteiger partial charge is 0.346 e. The number of anilines is 1. The lowest BCUT2D eigenvalue weighted by Gasteiger charge is -2.26. The zero-order chi connectivity index (χ0) is 23.2. The van der Waals surface area contributed by atoms with E-state index < -0.39 is 58.9 Å². The summed E-state index contributed by atoms with van der Waals surface area (Å²) in [5, 5.41) is 10.7. The van der Waals surface area contributed by atoms with Crippen LogP contribution in [-0.4, -0.2) is 22.9 Å². The number of benzene rings is 2. The highest BCUT2D eigenvalue weighted by Gasteiger charge is 2.38. The third-order valence-corrected chi connectivity index (χ3v) is 5.77. The van der Waals surface area contributed by atoms with Crippen LogP contribution in [0.4, 0.5) is 23.2 Å². The van der Waals surface area contributed by atoms with E-state index in [1.165, 1.54) is 5.38 Å². The number of aromatic carboxylic acids is 1. The van der Waals surface area contributed by atoms with Crippen LogP contribution >= 0.6 is 11.3 Å². The molecule has 3 aromatic rings.